The van der Waals surface area contributed by atoms with E-state index in [0.717, 1.165) is 12.2 Å². The molecule has 1 atom stereocenters. The van der Waals surface area contributed by atoms with E-state index in [4.69, 9.17) is 15.2 Å². The Hall–Kier alpha value is -1.06. The van der Waals surface area contributed by atoms with Crippen LogP contribution in [0.3, 0.4) is 0 Å². The first-order chi connectivity index (χ1) is 7.26. The van der Waals surface area contributed by atoms with E-state index in [9.17, 15) is 0 Å². The molecule has 0 heterocycles. The van der Waals surface area contributed by atoms with Crippen molar-refractivity contribution >= 4 is 0 Å². The van der Waals surface area contributed by atoms with Crippen molar-refractivity contribution in [3.8, 4) is 5.75 Å². The first-order valence-corrected chi connectivity index (χ1v) is 5.22. The van der Waals surface area contributed by atoms with Gasteiger partial charge in [-0.2, -0.15) is 0 Å². The zero-order chi connectivity index (χ0) is 11.1. The van der Waals surface area contributed by atoms with E-state index in [1.165, 1.54) is 5.56 Å². The van der Waals surface area contributed by atoms with Crippen LogP contribution in [-0.2, 0) is 11.2 Å². The third-order valence-corrected chi connectivity index (χ3v) is 2.18. The lowest BCUT2D eigenvalue weighted by Gasteiger charge is -2.12. The van der Waals surface area contributed by atoms with Gasteiger partial charge in [0.15, 0.2) is 0 Å². The average molecular weight is 209 g/mol. The summed E-state index contributed by atoms with van der Waals surface area (Å²) in [6, 6.07) is 8.01. The number of methoxy groups -OCH3 is 1. The van der Waals surface area contributed by atoms with Crippen molar-refractivity contribution < 1.29 is 9.47 Å². The second kappa shape index (κ2) is 6.43. The van der Waals surface area contributed by atoms with Crippen molar-refractivity contribution in [1.82, 2.24) is 0 Å². The molecule has 0 aliphatic rings. The average Bonchev–Trinajstić information content (AvgIpc) is 2.27. The molecule has 1 aromatic rings. The van der Waals surface area contributed by atoms with E-state index in [0.29, 0.717) is 13.2 Å². The van der Waals surface area contributed by atoms with Crippen LogP contribution in [0.15, 0.2) is 24.3 Å². The van der Waals surface area contributed by atoms with Gasteiger partial charge in [-0.25, -0.2) is 0 Å². The Balaban J connectivity index is 2.37. The first kappa shape index (κ1) is 12.0. The lowest BCUT2D eigenvalue weighted by atomic mass is 10.2. The van der Waals surface area contributed by atoms with E-state index < -0.39 is 0 Å². The summed E-state index contributed by atoms with van der Waals surface area (Å²) in [6.45, 7) is 3.14. The third kappa shape index (κ3) is 4.32. The van der Waals surface area contributed by atoms with Crippen molar-refractivity contribution in [2.45, 2.75) is 19.4 Å². The summed E-state index contributed by atoms with van der Waals surface area (Å²) < 4.78 is 10.4. The van der Waals surface area contributed by atoms with Crippen LogP contribution in [0.5, 0.6) is 5.75 Å². The predicted octanol–water partition coefficient (Wildman–Crippen LogP) is 1.60. The Kier molecular flexibility index (Phi) is 5.15. The number of aryl methyl sites for hydroxylation is 1. The van der Waals surface area contributed by atoms with Gasteiger partial charge in [-0.1, -0.05) is 19.1 Å². The maximum atomic E-state index is 5.74. The van der Waals surface area contributed by atoms with Gasteiger partial charge >= 0.3 is 0 Å². The molecule has 0 saturated heterocycles. The molecule has 3 heteroatoms. The van der Waals surface area contributed by atoms with E-state index in [1.54, 1.807) is 7.11 Å². The molecule has 2 N–H and O–H groups in total. The number of nitrogens with two attached hydrogens (primary N) is 1. The molecular formula is C12H19NO2. The summed E-state index contributed by atoms with van der Waals surface area (Å²) in [7, 11) is 1.63. The molecular weight excluding hydrogens is 190 g/mol. The largest absolute Gasteiger partial charge is 0.492 e. The van der Waals surface area contributed by atoms with E-state index in [2.05, 4.69) is 19.1 Å². The molecule has 1 aromatic carbocycles. The van der Waals surface area contributed by atoms with E-state index >= 15 is 0 Å². The molecule has 0 aliphatic carbocycles. The maximum absolute atomic E-state index is 5.74. The second-order valence-electron chi connectivity index (χ2n) is 3.52. The van der Waals surface area contributed by atoms with Crippen LogP contribution < -0.4 is 10.5 Å². The molecule has 1 rings (SSSR count). The van der Waals surface area contributed by atoms with Gasteiger partial charge in [-0.05, 0) is 24.1 Å². The van der Waals surface area contributed by atoms with Gasteiger partial charge in [-0.3, -0.25) is 0 Å². The van der Waals surface area contributed by atoms with Crippen LogP contribution in [0.2, 0.25) is 0 Å². The molecule has 0 bridgehead atoms. The quantitative estimate of drug-likeness (QED) is 0.774. The molecule has 0 amide bonds. The third-order valence-electron chi connectivity index (χ3n) is 2.18. The van der Waals surface area contributed by atoms with Crippen LogP contribution in [0, 0.1) is 0 Å². The Morgan fingerprint density at radius 3 is 2.40 bits per heavy atom. The topological polar surface area (TPSA) is 44.5 Å². The van der Waals surface area contributed by atoms with Crippen LogP contribution >= 0.6 is 0 Å². The SMILES string of the molecule is CCc1ccc(OCC(N)COC)cc1. The van der Waals surface area contributed by atoms with Gasteiger partial charge in [0.25, 0.3) is 0 Å². The van der Waals surface area contributed by atoms with Crippen LogP contribution in [0.4, 0.5) is 0 Å². The molecule has 3 nitrogen and oxygen atoms in total. The minimum atomic E-state index is -0.0687. The highest BCUT2D eigenvalue weighted by molar-refractivity contribution is 5.27. The predicted molar refractivity (Wildman–Crippen MR) is 61.2 cm³/mol. The zero-order valence-electron chi connectivity index (χ0n) is 9.40. The summed E-state index contributed by atoms with van der Waals surface area (Å²) in [5, 5.41) is 0. The molecule has 0 aliphatic heterocycles. The zero-order valence-corrected chi connectivity index (χ0v) is 9.40. The standard InChI is InChI=1S/C12H19NO2/c1-3-10-4-6-12(7-5-10)15-9-11(13)8-14-2/h4-7,11H,3,8-9,13H2,1-2H3. The molecule has 0 spiro atoms. The highest BCUT2D eigenvalue weighted by atomic mass is 16.5. The molecule has 0 saturated carbocycles. The Bertz CT molecular complexity index is 271. The molecule has 0 fully saturated rings. The lowest BCUT2D eigenvalue weighted by molar-refractivity contribution is 0.152. The van der Waals surface area contributed by atoms with Crippen LogP contribution in [-0.4, -0.2) is 26.4 Å². The Morgan fingerprint density at radius 1 is 1.20 bits per heavy atom. The Labute approximate surface area is 91.2 Å². The lowest BCUT2D eigenvalue weighted by Crippen LogP contribution is -2.32. The fourth-order valence-electron chi connectivity index (χ4n) is 1.29. The van der Waals surface area contributed by atoms with Crippen LogP contribution in [0.1, 0.15) is 12.5 Å². The number of hydrogen-bond acceptors (Lipinski definition) is 3. The van der Waals surface area contributed by atoms with Crippen molar-refractivity contribution in [3.05, 3.63) is 29.8 Å². The monoisotopic (exact) mass is 209 g/mol. The van der Waals surface area contributed by atoms with E-state index in [-0.39, 0.29) is 6.04 Å². The van der Waals surface area contributed by atoms with Crippen molar-refractivity contribution in [2.24, 2.45) is 5.73 Å². The summed E-state index contributed by atoms with van der Waals surface area (Å²) in [6.07, 6.45) is 1.05. The molecule has 0 aromatic heterocycles. The summed E-state index contributed by atoms with van der Waals surface area (Å²) in [5.41, 5.74) is 7.05. The number of ether oxygens (including phenoxy) is 2. The smallest absolute Gasteiger partial charge is 0.119 e. The van der Waals surface area contributed by atoms with Crippen molar-refractivity contribution in [2.75, 3.05) is 20.3 Å². The van der Waals surface area contributed by atoms with E-state index in [1.807, 2.05) is 12.1 Å². The molecule has 1 unspecified atom stereocenters. The fraction of sp³-hybridized carbons (Fsp3) is 0.500. The summed E-state index contributed by atoms with van der Waals surface area (Å²) >= 11 is 0. The van der Waals surface area contributed by atoms with Gasteiger partial charge in [0, 0.05) is 7.11 Å². The summed E-state index contributed by atoms with van der Waals surface area (Å²) in [4.78, 5) is 0. The maximum Gasteiger partial charge on any atom is 0.119 e. The summed E-state index contributed by atoms with van der Waals surface area (Å²) in [5.74, 6) is 0.860. The van der Waals surface area contributed by atoms with Gasteiger partial charge in [-0.15, -0.1) is 0 Å². The molecule has 0 radical (unpaired) electrons. The fourth-order valence-corrected chi connectivity index (χ4v) is 1.29. The van der Waals surface area contributed by atoms with Gasteiger partial charge in [0.2, 0.25) is 0 Å². The number of benzene rings is 1. The van der Waals surface area contributed by atoms with Gasteiger partial charge < -0.3 is 15.2 Å². The number of rotatable bonds is 6. The Morgan fingerprint density at radius 2 is 1.87 bits per heavy atom. The van der Waals surface area contributed by atoms with Crippen LogP contribution in [0.25, 0.3) is 0 Å². The molecule has 15 heavy (non-hydrogen) atoms. The van der Waals surface area contributed by atoms with Crippen molar-refractivity contribution in [1.29, 1.82) is 0 Å². The minimum absolute atomic E-state index is 0.0687. The van der Waals surface area contributed by atoms with Gasteiger partial charge in [0.05, 0.1) is 12.6 Å². The minimum Gasteiger partial charge on any atom is -0.492 e. The molecule has 84 valence electrons. The second-order valence-corrected chi connectivity index (χ2v) is 3.52. The normalized spacial score (nSPS) is 12.5. The highest BCUT2D eigenvalue weighted by Crippen LogP contribution is 2.12. The first-order valence-electron chi connectivity index (χ1n) is 5.22. The van der Waals surface area contributed by atoms with Gasteiger partial charge in [0.1, 0.15) is 12.4 Å². The highest BCUT2D eigenvalue weighted by Gasteiger charge is 2.02. The van der Waals surface area contributed by atoms with Crippen molar-refractivity contribution in [3.63, 3.8) is 0 Å². The number of hydrogen-bond donors (Lipinski definition) is 1.